The second kappa shape index (κ2) is 15.5. The minimum Gasteiger partial charge on any atom is -0.310 e. The Morgan fingerprint density at radius 2 is 1.53 bits per heavy atom. The van der Waals surface area contributed by atoms with Gasteiger partial charge in [-0.25, -0.2) is 0 Å². The zero-order chi connectivity index (χ0) is 13.5. The predicted molar refractivity (Wildman–Crippen MR) is 80.6 cm³/mol. The Hall–Kier alpha value is -0.470. The molecule has 0 unspecified atom stereocenters. The van der Waals surface area contributed by atoms with Crippen molar-refractivity contribution in [3.63, 3.8) is 0 Å². The van der Waals surface area contributed by atoms with Crippen LogP contribution in [-0.4, -0.2) is 6.61 Å². The fourth-order valence-electron chi connectivity index (χ4n) is 0.907. The van der Waals surface area contributed by atoms with Gasteiger partial charge in [0.1, 0.15) is 0 Å². The zero-order valence-electron chi connectivity index (χ0n) is 12.2. The summed E-state index contributed by atoms with van der Waals surface area (Å²) in [5.74, 6) is 0. The van der Waals surface area contributed by atoms with Crippen molar-refractivity contribution in [1.29, 1.82) is 0 Å². The van der Waals surface area contributed by atoms with Crippen LogP contribution in [0.3, 0.4) is 0 Å². The molecule has 0 amide bonds. The van der Waals surface area contributed by atoms with Crippen LogP contribution in [0.1, 0.15) is 53.0 Å². The summed E-state index contributed by atoms with van der Waals surface area (Å²) in [7, 11) is 0. The molecule has 0 fully saturated rings. The second-order valence-electron chi connectivity index (χ2n) is 3.07. The lowest BCUT2D eigenvalue weighted by Gasteiger charge is -2.01. The molecule has 1 nitrogen and oxygen atoms in total. The molecule has 1 aromatic carbocycles. The van der Waals surface area contributed by atoms with Crippen molar-refractivity contribution in [3.05, 3.63) is 29.8 Å². The minimum absolute atomic E-state index is 0.842. The molecule has 1 aromatic rings. The molecule has 0 heterocycles. The van der Waals surface area contributed by atoms with Crippen LogP contribution in [0.2, 0.25) is 0 Å². The zero-order valence-corrected chi connectivity index (χ0v) is 13.1. The molecule has 1 rings (SSSR count). The first-order valence-corrected chi connectivity index (χ1v) is 7.43. The monoisotopic (exact) mass is 256 g/mol. The summed E-state index contributed by atoms with van der Waals surface area (Å²) in [6.45, 7) is 13.1. The maximum absolute atomic E-state index is 5.42. The van der Waals surface area contributed by atoms with Gasteiger partial charge in [-0.3, -0.25) is 0 Å². The standard InChI is InChI=1S/C11H16OS.2C2H6/c1-3-4-9-12-13-11-7-5-10(2)6-8-11;2*1-2/h5-8H,3-4,9H2,1-2H3;2*1-2H3. The number of rotatable bonds is 5. The molecule has 0 spiro atoms. The average Bonchev–Trinajstić information content (AvgIpc) is 2.41. The van der Waals surface area contributed by atoms with E-state index in [-0.39, 0.29) is 0 Å². The van der Waals surface area contributed by atoms with Crippen LogP contribution in [0.25, 0.3) is 0 Å². The van der Waals surface area contributed by atoms with E-state index >= 15 is 0 Å². The summed E-state index contributed by atoms with van der Waals surface area (Å²) in [6.07, 6.45) is 2.33. The van der Waals surface area contributed by atoms with Crippen molar-refractivity contribution >= 4 is 12.0 Å². The van der Waals surface area contributed by atoms with Crippen LogP contribution >= 0.6 is 12.0 Å². The van der Waals surface area contributed by atoms with E-state index in [2.05, 4.69) is 38.1 Å². The summed E-state index contributed by atoms with van der Waals surface area (Å²) in [4.78, 5) is 1.18. The van der Waals surface area contributed by atoms with Crippen LogP contribution < -0.4 is 0 Å². The molecule has 0 aliphatic carbocycles. The normalized spacial score (nSPS) is 8.59. The Kier molecular flexibility index (Phi) is 17.3. The van der Waals surface area contributed by atoms with Crippen molar-refractivity contribution in [1.82, 2.24) is 0 Å². The van der Waals surface area contributed by atoms with Crippen LogP contribution in [0.4, 0.5) is 0 Å². The Morgan fingerprint density at radius 3 is 2.00 bits per heavy atom. The van der Waals surface area contributed by atoms with E-state index in [0.29, 0.717) is 0 Å². The van der Waals surface area contributed by atoms with E-state index in [1.807, 2.05) is 27.7 Å². The third-order valence-corrected chi connectivity index (χ3v) is 2.51. The fourth-order valence-corrected chi connectivity index (χ4v) is 1.49. The molecule has 0 saturated carbocycles. The van der Waals surface area contributed by atoms with Gasteiger partial charge in [-0.05, 0) is 25.5 Å². The van der Waals surface area contributed by atoms with Gasteiger partial charge >= 0.3 is 0 Å². The van der Waals surface area contributed by atoms with Crippen molar-refractivity contribution in [2.45, 2.75) is 59.3 Å². The van der Waals surface area contributed by atoms with Gasteiger partial charge in [-0.15, -0.1) is 0 Å². The summed E-state index contributed by atoms with van der Waals surface area (Å²) in [5.41, 5.74) is 1.29. The second-order valence-corrected chi connectivity index (χ2v) is 3.95. The highest BCUT2D eigenvalue weighted by Gasteiger charge is 1.93. The van der Waals surface area contributed by atoms with Gasteiger partial charge in [0.2, 0.25) is 0 Å². The van der Waals surface area contributed by atoms with Gasteiger partial charge in [0.25, 0.3) is 0 Å². The van der Waals surface area contributed by atoms with Crippen molar-refractivity contribution in [2.75, 3.05) is 6.61 Å². The maximum Gasteiger partial charge on any atom is 0.0618 e. The first-order chi connectivity index (χ1) is 8.33. The van der Waals surface area contributed by atoms with Crippen LogP contribution in [0.5, 0.6) is 0 Å². The number of hydrogen-bond acceptors (Lipinski definition) is 2. The third-order valence-electron chi connectivity index (χ3n) is 1.76. The molecule has 0 aromatic heterocycles. The molecule has 0 aliphatic heterocycles. The first-order valence-electron chi connectivity index (χ1n) is 6.69. The number of hydrogen-bond donors (Lipinski definition) is 0. The Labute approximate surface area is 112 Å². The molecule has 0 saturated heterocycles. The molecule has 2 heteroatoms. The Bertz CT molecular complexity index is 231. The molecule has 17 heavy (non-hydrogen) atoms. The van der Waals surface area contributed by atoms with Crippen LogP contribution in [0.15, 0.2) is 29.2 Å². The molecular formula is C15H28OS. The maximum atomic E-state index is 5.42. The van der Waals surface area contributed by atoms with E-state index in [1.165, 1.54) is 28.9 Å². The highest BCUT2D eigenvalue weighted by molar-refractivity contribution is 7.94. The van der Waals surface area contributed by atoms with Crippen molar-refractivity contribution < 1.29 is 4.18 Å². The summed E-state index contributed by atoms with van der Waals surface area (Å²) in [6, 6.07) is 8.38. The largest absolute Gasteiger partial charge is 0.310 e. The lowest BCUT2D eigenvalue weighted by Crippen LogP contribution is -1.84. The SMILES string of the molecule is CC.CC.CCCCOSc1ccc(C)cc1. The van der Waals surface area contributed by atoms with E-state index in [4.69, 9.17) is 4.18 Å². The highest BCUT2D eigenvalue weighted by atomic mass is 32.2. The van der Waals surface area contributed by atoms with E-state index in [0.717, 1.165) is 13.0 Å². The van der Waals surface area contributed by atoms with Gasteiger partial charge in [-0.2, -0.15) is 0 Å². The van der Waals surface area contributed by atoms with Crippen molar-refractivity contribution in [3.8, 4) is 0 Å². The van der Waals surface area contributed by atoms with Gasteiger partial charge < -0.3 is 4.18 Å². The smallest absolute Gasteiger partial charge is 0.0618 e. The van der Waals surface area contributed by atoms with Gasteiger partial charge in [0.05, 0.1) is 6.61 Å². The van der Waals surface area contributed by atoms with Crippen LogP contribution in [0, 0.1) is 6.92 Å². The van der Waals surface area contributed by atoms with Gasteiger partial charge in [0, 0.05) is 16.9 Å². The van der Waals surface area contributed by atoms with Crippen molar-refractivity contribution in [2.24, 2.45) is 0 Å². The van der Waals surface area contributed by atoms with Gasteiger partial charge in [-0.1, -0.05) is 58.7 Å². The van der Waals surface area contributed by atoms with Crippen LogP contribution in [-0.2, 0) is 4.18 Å². The third kappa shape index (κ3) is 11.8. The lowest BCUT2D eigenvalue weighted by atomic mass is 10.2. The Balaban J connectivity index is 0. The number of unbranched alkanes of at least 4 members (excludes halogenated alkanes) is 1. The molecular weight excluding hydrogens is 228 g/mol. The first kappa shape index (κ1) is 18.9. The number of benzene rings is 1. The molecule has 0 N–H and O–H groups in total. The average molecular weight is 256 g/mol. The predicted octanol–water partition coefficient (Wildman–Crippen LogP) is 5.87. The lowest BCUT2D eigenvalue weighted by molar-refractivity contribution is 0.362. The Morgan fingerprint density at radius 1 is 1.00 bits per heavy atom. The molecule has 0 bridgehead atoms. The van der Waals surface area contributed by atoms with E-state index < -0.39 is 0 Å². The summed E-state index contributed by atoms with van der Waals surface area (Å²) in [5, 5.41) is 0. The molecule has 100 valence electrons. The number of aryl methyl sites for hydroxylation is 1. The van der Waals surface area contributed by atoms with Gasteiger partial charge in [0.15, 0.2) is 0 Å². The molecule has 0 aliphatic rings. The molecule has 0 radical (unpaired) electrons. The fraction of sp³-hybridized carbons (Fsp3) is 0.600. The van der Waals surface area contributed by atoms with E-state index in [1.54, 1.807) is 0 Å². The van der Waals surface area contributed by atoms with E-state index in [9.17, 15) is 0 Å². The topological polar surface area (TPSA) is 9.23 Å². The minimum atomic E-state index is 0.842. The summed E-state index contributed by atoms with van der Waals surface area (Å²) < 4.78 is 5.42. The quantitative estimate of drug-likeness (QED) is 0.481. The molecule has 0 atom stereocenters. The highest BCUT2D eigenvalue weighted by Crippen LogP contribution is 2.19. The summed E-state index contributed by atoms with van der Waals surface area (Å²) >= 11 is 1.47.